The van der Waals surface area contributed by atoms with Crippen LogP contribution in [0, 0.1) is 6.07 Å². The van der Waals surface area contributed by atoms with Gasteiger partial charge in [0.05, 0.1) is 20.8 Å². The van der Waals surface area contributed by atoms with Gasteiger partial charge in [0.2, 0.25) is 0 Å². The Balaban J connectivity index is 2.55. The second-order valence-electron chi connectivity index (χ2n) is 4.10. The molecule has 1 N–H and O–H groups in total. The van der Waals surface area contributed by atoms with Crippen LogP contribution in [0.4, 0.5) is 0 Å². The van der Waals surface area contributed by atoms with Crippen molar-refractivity contribution in [1.29, 1.82) is 0 Å². The highest BCUT2D eigenvalue weighted by Crippen LogP contribution is 2.39. The van der Waals surface area contributed by atoms with E-state index in [2.05, 4.69) is 6.07 Å². The van der Waals surface area contributed by atoms with Crippen LogP contribution in [0.5, 0.6) is 23.0 Å². The number of hydrogen-bond donors (Lipinski definition) is 1. The zero-order valence-corrected chi connectivity index (χ0v) is 11.8. The number of phenols is 1. The molecule has 105 valence electrons. The standard InChI is InChI=1S/C16H17O4/c1-4-20-16-9-11(17)5-7-14(16)13-8-6-12(18-2)10-15(13)19-3/h5-7,9-10,17H,4H2,1-3H3. The van der Waals surface area contributed by atoms with Gasteiger partial charge in [-0.15, -0.1) is 0 Å². The monoisotopic (exact) mass is 273 g/mol. The molecule has 0 heterocycles. The summed E-state index contributed by atoms with van der Waals surface area (Å²) in [4.78, 5) is 0. The smallest absolute Gasteiger partial charge is 0.131 e. The van der Waals surface area contributed by atoms with Gasteiger partial charge in [0.15, 0.2) is 0 Å². The van der Waals surface area contributed by atoms with Gasteiger partial charge < -0.3 is 19.3 Å². The van der Waals surface area contributed by atoms with Crippen LogP contribution in [-0.2, 0) is 0 Å². The Morgan fingerprint density at radius 1 is 1.10 bits per heavy atom. The Morgan fingerprint density at radius 3 is 2.55 bits per heavy atom. The van der Waals surface area contributed by atoms with Crippen LogP contribution >= 0.6 is 0 Å². The zero-order chi connectivity index (χ0) is 14.5. The summed E-state index contributed by atoms with van der Waals surface area (Å²) >= 11 is 0. The van der Waals surface area contributed by atoms with Crippen LogP contribution in [0.2, 0.25) is 0 Å². The molecule has 0 saturated carbocycles. The minimum Gasteiger partial charge on any atom is -0.508 e. The van der Waals surface area contributed by atoms with Crippen molar-refractivity contribution in [1.82, 2.24) is 0 Å². The van der Waals surface area contributed by atoms with E-state index in [9.17, 15) is 5.11 Å². The lowest BCUT2D eigenvalue weighted by molar-refractivity contribution is 0.338. The fourth-order valence-corrected chi connectivity index (χ4v) is 1.94. The molecule has 0 aromatic heterocycles. The maximum absolute atomic E-state index is 9.58. The van der Waals surface area contributed by atoms with E-state index in [0.717, 1.165) is 11.1 Å². The lowest BCUT2D eigenvalue weighted by Crippen LogP contribution is -1.96. The fraction of sp³-hybridized carbons (Fsp3) is 0.250. The molecule has 0 aliphatic carbocycles. The first-order valence-electron chi connectivity index (χ1n) is 6.29. The van der Waals surface area contributed by atoms with Crippen molar-refractivity contribution in [3.05, 3.63) is 36.4 Å². The normalized spacial score (nSPS) is 10.2. The second-order valence-corrected chi connectivity index (χ2v) is 4.10. The summed E-state index contributed by atoms with van der Waals surface area (Å²) in [5.74, 6) is 2.05. The third-order valence-electron chi connectivity index (χ3n) is 2.87. The molecule has 0 amide bonds. The number of benzene rings is 2. The van der Waals surface area contributed by atoms with Gasteiger partial charge in [-0.1, -0.05) is 0 Å². The summed E-state index contributed by atoms with van der Waals surface area (Å²) in [6, 6.07) is 11.6. The number of hydrogen-bond acceptors (Lipinski definition) is 4. The quantitative estimate of drug-likeness (QED) is 0.908. The summed E-state index contributed by atoms with van der Waals surface area (Å²) in [7, 11) is 3.18. The van der Waals surface area contributed by atoms with Crippen molar-refractivity contribution in [3.8, 4) is 34.1 Å². The van der Waals surface area contributed by atoms with E-state index in [1.807, 2.05) is 6.92 Å². The van der Waals surface area contributed by atoms with Gasteiger partial charge >= 0.3 is 0 Å². The molecular weight excluding hydrogens is 256 g/mol. The van der Waals surface area contributed by atoms with Crippen molar-refractivity contribution in [3.63, 3.8) is 0 Å². The highest BCUT2D eigenvalue weighted by Gasteiger charge is 2.13. The predicted molar refractivity (Wildman–Crippen MR) is 76.7 cm³/mol. The molecule has 4 nitrogen and oxygen atoms in total. The van der Waals surface area contributed by atoms with Gasteiger partial charge in [-0.2, -0.15) is 0 Å². The van der Waals surface area contributed by atoms with E-state index < -0.39 is 0 Å². The third kappa shape index (κ3) is 2.79. The molecular formula is C16H17O4. The minimum atomic E-state index is 0.157. The molecule has 2 rings (SSSR count). The van der Waals surface area contributed by atoms with Crippen molar-refractivity contribution >= 4 is 0 Å². The number of rotatable bonds is 5. The average Bonchev–Trinajstić information content (AvgIpc) is 2.47. The van der Waals surface area contributed by atoms with Crippen molar-refractivity contribution < 1.29 is 19.3 Å². The van der Waals surface area contributed by atoms with Crippen molar-refractivity contribution in [2.45, 2.75) is 6.92 Å². The van der Waals surface area contributed by atoms with E-state index in [4.69, 9.17) is 14.2 Å². The molecule has 0 spiro atoms. The Morgan fingerprint density at radius 2 is 1.90 bits per heavy atom. The second kappa shape index (κ2) is 6.19. The largest absolute Gasteiger partial charge is 0.508 e. The Hall–Kier alpha value is -2.36. The SMILES string of the molecule is CCOc1cc(O)ccc1-c1[c]cc(OC)cc1OC. The highest BCUT2D eigenvalue weighted by atomic mass is 16.5. The molecule has 0 aliphatic heterocycles. The van der Waals surface area contributed by atoms with E-state index in [0.29, 0.717) is 23.9 Å². The third-order valence-corrected chi connectivity index (χ3v) is 2.87. The Kier molecular flexibility index (Phi) is 4.35. The number of aromatic hydroxyl groups is 1. The summed E-state index contributed by atoms with van der Waals surface area (Å²) in [6.45, 7) is 2.40. The Bertz CT molecular complexity index is 593. The first kappa shape index (κ1) is 14.1. The molecule has 0 bridgehead atoms. The van der Waals surface area contributed by atoms with Gasteiger partial charge in [-0.3, -0.25) is 0 Å². The molecule has 0 aliphatic rings. The molecule has 2 aromatic rings. The predicted octanol–water partition coefficient (Wildman–Crippen LogP) is 3.28. The van der Waals surface area contributed by atoms with E-state index >= 15 is 0 Å². The molecule has 1 radical (unpaired) electrons. The lowest BCUT2D eigenvalue weighted by Gasteiger charge is -2.14. The van der Waals surface area contributed by atoms with E-state index in [1.54, 1.807) is 44.6 Å². The van der Waals surface area contributed by atoms with Gasteiger partial charge in [-0.25, -0.2) is 0 Å². The minimum absolute atomic E-state index is 0.157. The summed E-state index contributed by atoms with van der Waals surface area (Å²) in [5, 5.41) is 9.58. The highest BCUT2D eigenvalue weighted by molar-refractivity contribution is 5.76. The number of ether oxygens (including phenoxy) is 3. The maximum atomic E-state index is 9.58. The molecule has 0 saturated heterocycles. The molecule has 0 unspecified atom stereocenters. The van der Waals surface area contributed by atoms with Crippen LogP contribution in [-0.4, -0.2) is 25.9 Å². The lowest BCUT2D eigenvalue weighted by atomic mass is 10.0. The topological polar surface area (TPSA) is 47.9 Å². The Labute approximate surface area is 118 Å². The number of phenolic OH excluding ortho intramolecular Hbond substituents is 1. The van der Waals surface area contributed by atoms with E-state index in [-0.39, 0.29) is 5.75 Å². The first-order valence-corrected chi connectivity index (χ1v) is 6.29. The van der Waals surface area contributed by atoms with Gasteiger partial charge in [0, 0.05) is 23.3 Å². The fourth-order valence-electron chi connectivity index (χ4n) is 1.94. The van der Waals surface area contributed by atoms with Crippen molar-refractivity contribution in [2.24, 2.45) is 0 Å². The molecule has 20 heavy (non-hydrogen) atoms. The van der Waals surface area contributed by atoms with Gasteiger partial charge in [-0.05, 0) is 31.2 Å². The van der Waals surface area contributed by atoms with Crippen molar-refractivity contribution in [2.75, 3.05) is 20.8 Å². The summed E-state index contributed by atoms with van der Waals surface area (Å²) in [5.41, 5.74) is 1.57. The number of methoxy groups -OCH3 is 2. The van der Waals surface area contributed by atoms with Crippen LogP contribution in [0.1, 0.15) is 6.92 Å². The molecule has 2 aromatic carbocycles. The van der Waals surface area contributed by atoms with Crippen LogP contribution in [0.3, 0.4) is 0 Å². The maximum Gasteiger partial charge on any atom is 0.131 e. The zero-order valence-electron chi connectivity index (χ0n) is 11.8. The summed E-state index contributed by atoms with van der Waals surface area (Å²) in [6.07, 6.45) is 0. The molecule has 0 atom stereocenters. The average molecular weight is 273 g/mol. The van der Waals surface area contributed by atoms with Crippen LogP contribution < -0.4 is 14.2 Å². The first-order chi connectivity index (χ1) is 9.69. The van der Waals surface area contributed by atoms with Crippen LogP contribution in [0.15, 0.2) is 30.3 Å². The summed E-state index contributed by atoms with van der Waals surface area (Å²) < 4.78 is 16.1. The van der Waals surface area contributed by atoms with Gasteiger partial charge in [0.1, 0.15) is 23.0 Å². The van der Waals surface area contributed by atoms with Gasteiger partial charge in [0.25, 0.3) is 0 Å². The van der Waals surface area contributed by atoms with E-state index in [1.165, 1.54) is 0 Å². The molecule has 0 fully saturated rings. The molecule has 4 heteroatoms. The van der Waals surface area contributed by atoms with Crippen LogP contribution in [0.25, 0.3) is 11.1 Å².